The maximum Gasteiger partial charge on any atom is 0.213 e. The molecule has 1 heterocycles. The molecule has 1 saturated carbocycles. The normalized spacial score (nSPS) is 30.1. The number of rotatable bonds is 8. The molecular formula is C19H38N4O3S. The van der Waals surface area contributed by atoms with Crippen molar-refractivity contribution in [3.63, 3.8) is 0 Å². The molecule has 27 heavy (non-hydrogen) atoms. The number of sulfonamides is 1. The minimum atomic E-state index is -3.33. The fourth-order valence-corrected chi connectivity index (χ4v) is 5.03. The van der Waals surface area contributed by atoms with Crippen LogP contribution in [0.4, 0.5) is 0 Å². The smallest absolute Gasteiger partial charge is 0.213 e. The first kappa shape index (κ1) is 22.4. The molecule has 2 rings (SSSR count). The first-order chi connectivity index (χ1) is 12.9. The van der Waals surface area contributed by atoms with Crippen LogP contribution in [0.1, 0.15) is 59.3 Å². The number of nitrogens with one attached hydrogen (secondary N) is 3. The highest BCUT2D eigenvalue weighted by atomic mass is 32.2. The summed E-state index contributed by atoms with van der Waals surface area (Å²) in [6, 6.07) is 0.403. The molecule has 0 aromatic carbocycles. The monoisotopic (exact) mass is 402 g/mol. The quantitative estimate of drug-likeness (QED) is 0.426. The number of ether oxygens (including phenoxy) is 1. The van der Waals surface area contributed by atoms with E-state index in [1.807, 2.05) is 6.92 Å². The summed E-state index contributed by atoms with van der Waals surface area (Å²) in [4.78, 5) is 4.48. The van der Waals surface area contributed by atoms with Gasteiger partial charge in [0.15, 0.2) is 5.96 Å². The Balaban J connectivity index is 1.78. The summed E-state index contributed by atoms with van der Waals surface area (Å²) < 4.78 is 32.7. The average Bonchev–Trinajstić information content (AvgIpc) is 2.60. The van der Waals surface area contributed by atoms with E-state index < -0.39 is 10.0 Å². The van der Waals surface area contributed by atoms with Crippen LogP contribution in [0.15, 0.2) is 4.99 Å². The summed E-state index contributed by atoms with van der Waals surface area (Å²) in [6.07, 6.45) is 6.65. The van der Waals surface area contributed by atoms with Gasteiger partial charge in [-0.25, -0.2) is 13.1 Å². The molecule has 3 atom stereocenters. The summed E-state index contributed by atoms with van der Waals surface area (Å²) in [5.41, 5.74) is 0. The molecule has 1 aliphatic heterocycles. The van der Waals surface area contributed by atoms with E-state index in [1.54, 1.807) is 0 Å². The Hall–Kier alpha value is -0.860. The van der Waals surface area contributed by atoms with Gasteiger partial charge in [-0.15, -0.1) is 0 Å². The van der Waals surface area contributed by atoms with Gasteiger partial charge in [-0.2, -0.15) is 0 Å². The molecule has 3 unspecified atom stereocenters. The predicted molar refractivity (Wildman–Crippen MR) is 110 cm³/mol. The maximum atomic E-state index is 12.2. The van der Waals surface area contributed by atoms with Gasteiger partial charge in [0.1, 0.15) is 0 Å². The van der Waals surface area contributed by atoms with Crippen molar-refractivity contribution in [3.8, 4) is 0 Å². The van der Waals surface area contributed by atoms with E-state index in [0.717, 1.165) is 51.2 Å². The van der Waals surface area contributed by atoms with E-state index in [-0.39, 0.29) is 18.4 Å². The number of nitrogens with zero attached hydrogens (tertiary/aromatic N) is 1. The second-order valence-electron chi connectivity index (χ2n) is 8.18. The third-order valence-corrected chi connectivity index (χ3v) is 6.62. The zero-order valence-electron chi connectivity index (χ0n) is 17.2. The Labute approximate surface area is 165 Å². The van der Waals surface area contributed by atoms with Crippen molar-refractivity contribution in [2.45, 2.75) is 71.4 Å². The van der Waals surface area contributed by atoms with E-state index >= 15 is 0 Å². The van der Waals surface area contributed by atoms with Gasteiger partial charge in [0.2, 0.25) is 10.0 Å². The molecule has 7 nitrogen and oxygen atoms in total. The highest BCUT2D eigenvalue weighted by Crippen LogP contribution is 2.28. The molecular weight excluding hydrogens is 364 g/mol. The van der Waals surface area contributed by atoms with E-state index in [2.05, 4.69) is 34.2 Å². The van der Waals surface area contributed by atoms with Crippen LogP contribution < -0.4 is 15.4 Å². The molecule has 8 heteroatoms. The Bertz CT molecular complexity index is 551. The highest BCUT2D eigenvalue weighted by Gasteiger charge is 2.24. The van der Waals surface area contributed by atoms with Crippen LogP contribution in [0.3, 0.4) is 0 Å². The molecule has 0 amide bonds. The summed E-state index contributed by atoms with van der Waals surface area (Å²) in [5, 5.41) is 6.72. The zero-order valence-corrected chi connectivity index (χ0v) is 18.0. The molecule has 0 bridgehead atoms. The highest BCUT2D eigenvalue weighted by molar-refractivity contribution is 7.89. The fraction of sp³-hybridized carbons (Fsp3) is 0.947. The zero-order chi connectivity index (χ0) is 19.7. The summed E-state index contributed by atoms with van der Waals surface area (Å²) in [7, 11) is -3.33. The lowest BCUT2D eigenvalue weighted by Crippen LogP contribution is -2.46. The maximum absolute atomic E-state index is 12.2. The molecule has 2 aliphatic rings. The molecule has 1 saturated heterocycles. The molecule has 2 fully saturated rings. The van der Waals surface area contributed by atoms with Crippen LogP contribution >= 0.6 is 0 Å². The van der Waals surface area contributed by atoms with Crippen molar-refractivity contribution in [1.29, 1.82) is 0 Å². The minimum Gasteiger partial charge on any atom is -0.377 e. The lowest BCUT2D eigenvalue weighted by Gasteiger charge is -2.32. The number of guanidine groups is 1. The van der Waals surface area contributed by atoms with Crippen molar-refractivity contribution in [3.05, 3.63) is 0 Å². The Morgan fingerprint density at radius 2 is 1.89 bits per heavy atom. The van der Waals surface area contributed by atoms with E-state index in [1.165, 1.54) is 6.42 Å². The van der Waals surface area contributed by atoms with Gasteiger partial charge < -0.3 is 15.4 Å². The van der Waals surface area contributed by atoms with Crippen LogP contribution in [-0.2, 0) is 14.8 Å². The summed E-state index contributed by atoms with van der Waals surface area (Å²) >= 11 is 0. The molecule has 0 radical (unpaired) electrons. The second-order valence-corrected chi connectivity index (χ2v) is 10.1. The van der Waals surface area contributed by atoms with Gasteiger partial charge in [0.05, 0.1) is 18.4 Å². The van der Waals surface area contributed by atoms with E-state index in [0.29, 0.717) is 24.4 Å². The lowest BCUT2D eigenvalue weighted by atomic mass is 9.80. The van der Waals surface area contributed by atoms with Crippen LogP contribution in [0.2, 0.25) is 0 Å². The van der Waals surface area contributed by atoms with Gasteiger partial charge in [-0.3, -0.25) is 4.99 Å². The fourth-order valence-electron chi connectivity index (χ4n) is 4.12. The third-order valence-electron chi connectivity index (χ3n) is 5.30. The summed E-state index contributed by atoms with van der Waals surface area (Å²) in [5.74, 6) is 2.13. The van der Waals surface area contributed by atoms with Crippen LogP contribution in [0.25, 0.3) is 0 Å². The largest absolute Gasteiger partial charge is 0.377 e. The van der Waals surface area contributed by atoms with Crippen molar-refractivity contribution in [2.75, 3.05) is 32.0 Å². The first-order valence-electron chi connectivity index (χ1n) is 10.5. The Morgan fingerprint density at radius 1 is 1.15 bits per heavy atom. The first-order valence-corrected chi connectivity index (χ1v) is 12.2. The van der Waals surface area contributed by atoms with Crippen LogP contribution in [0.5, 0.6) is 0 Å². The van der Waals surface area contributed by atoms with Gasteiger partial charge >= 0.3 is 0 Å². The van der Waals surface area contributed by atoms with Gasteiger partial charge in [0, 0.05) is 25.7 Å². The molecule has 3 N–H and O–H groups in total. The molecule has 158 valence electrons. The van der Waals surface area contributed by atoms with Crippen molar-refractivity contribution in [2.24, 2.45) is 16.8 Å². The standard InChI is InChI=1S/C19H38N4O3S/c1-4-20-19(23-17-12-15(2)11-16(3)13-17)21-8-10-27(24,25)22-14-18-7-5-6-9-26-18/h15-18,22H,4-14H2,1-3H3,(H2,20,21,23). The van der Waals surface area contributed by atoms with E-state index in [9.17, 15) is 8.42 Å². The Kier molecular flexibility index (Phi) is 9.32. The van der Waals surface area contributed by atoms with Crippen molar-refractivity contribution < 1.29 is 13.2 Å². The molecule has 0 aromatic rings. The van der Waals surface area contributed by atoms with Crippen LogP contribution in [0, 0.1) is 11.8 Å². The summed E-state index contributed by atoms with van der Waals surface area (Å²) in [6.45, 7) is 8.70. The number of aliphatic imine (C=N–C) groups is 1. The SMILES string of the molecule is CCNC(=NCCS(=O)(=O)NCC1CCCCO1)NC1CC(C)CC(C)C1. The van der Waals surface area contributed by atoms with Crippen molar-refractivity contribution >= 4 is 16.0 Å². The van der Waals surface area contributed by atoms with Gasteiger partial charge in [-0.1, -0.05) is 13.8 Å². The number of hydrogen-bond donors (Lipinski definition) is 3. The topological polar surface area (TPSA) is 91.8 Å². The van der Waals surface area contributed by atoms with Crippen LogP contribution in [-0.4, -0.2) is 58.5 Å². The number of hydrogen-bond acceptors (Lipinski definition) is 4. The Morgan fingerprint density at radius 3 is 2.52 bits per heavy atom. The lowest BCUT2D eigenvalue weighted by molar-refractivity contribution is 0.0200. The second kappa shape index (κ2) is 11.2. The minimum absolute atomic E-state index is 0.00583. The molecule has 0 aromatic heterocycles. The van der Waals surface area contributed by atoms with Crippen molar-refractivity contribution in [1.82, 2.24) is 15.4 Å². The average molecular weight is 403 g/mol. The third kappa shape index (κ3) is 8.79. The van der Waals surface area contributed by atoms with Gasteiger partial charge in [-0.05, 0) is 57.3 Å². The molecule has 0 spiro atoms. The van der Waals surface area contributed by atoms with Gasteiger partial charge in [0.25, 0.3) is 0 Å². The van der Waals surface area contributed by atoms with E-state index in [4.69, 9.17) is 4.74 Å². The molecule has 1 aliphatic carbocycles. The predicted octanol–water partition coefficient (Wildman–Crippen LogP) is 1.85.